The quantitative estimate of drug-likeness (QED) is 0.486. The Labute approximate surface area is 188 Å². The summed E-state index contributed by atoms with van der Waals surface area (Å²) in [7, 11) is 4.07. The van der Waals surface area contributed by atoms with Crippen molar-refractivity contribution in [3.63, 3.8) is 0 Å². The summed E-state index contributed by atoms with van der Waals surface area (Å²) in [6, 6.07) is 4.99. The topological polar surface area (TPSA) is 73.1 Å². The first-order chi connectivity index (χ1) is 15.2. The fraction of sp³-hybridized carbons (Fsp3) is 0.364. The van der Waals surface area contributed by atoms with Gasteiger partial charge in [-0.25, -0.2) is 18.2 Å². The average Bonchev–Trinajstić information content (AvgIpc) is 3.17. The van der Waals surface area contributed by atoms with Crippen molar-refractivity contribution in [2.75, 3.05) is 24.7 Å². The number of halogens is 4. The second-order valence-corrected chi connectivity index (χ2v) is 8.64. The second-order valence-electron chi connectivity index (χ2n) is 8.24. The number of nitrogens with zero attached hydrogens (tertiary/aromatic N) is 2. The third kappa shape index (κ3) is 4.54. The molecule has 10 heteroatoms. The van der Waals surface area contributed by atoms with Crippen molar-refractivity contribution >= 4 is 40.2 Å². The minimum Gasteiger partial charge on any atom is -0.353 e. The Hall–Kier alpha value is -2.78. The lowest BCUT2D eigenvalue weighted by Gasteiger charge is -2.33. The number of aromatic amines is 1. The number of carbonyl (C=O) groups excluding carboxylic acids is 1. The lowest BCUT2D eigenvalue weighted by Crippen LogP contribution is -2.38. The summed E-state index contributed by atoms with van der Waals surface area (Å²) in [5, 5.41) is 5.61. The highest BCUT2D eigenvalue weighted by atomic mass is 35.5. The van der Waals surface area contributed by atoms with Gasteiger partial charge in [-0.1, -0.05) is 11.6 Å². The minimum absolute atomic E-state index is 0.0667. The normalized spacial score (nSPS) is 18.8. The molecule has 1 heterocycles. The summed E-state index contributed by atoms with van der Waals surface area (Å²) < 4.78 is 42.0. The number of anilines is 2. The Kier molecular flexibility index (Phi) is 6.30. The van der Waals surface area contributed by atoms with Gasteiger partial charge in [0.05, 0.1) is 16.1 Å². The molecule has 1 aliphatic carbocycles. The van der Waals surface area contributed by atoms with Crippen molar-refractivity contribution in [2.24, 2.45) is 0 Å². The molecule has 0 radical (unpaired) electrons. The van der Waals surface area contributed by atoms with E-state index in [1.807, 2.05) is 14.1 Å². The van der Waals surface area contributed by atoms with Crippen molar-refractivity contribution in [1.29, 1.82) is 0 Å². The Morgan fingerprint density at radius 2 is 1.97 bits per heavy atom. The van der Waals surface area contributed by atoms with E-state index in [0.717, 1.165) is 37.8 Å². The predicted octanol–water partition coefficient (Wildman–Crippen LogP) is 5.17. The minimum atomic E-state index is -1.19. The zero-order valence-corrected chi connectivity index (χ0v) is 18.4. The number of imidazole rings is 1. The van der Waals surface area contributed by atoms with Gasteiger partial charge in [0.15, 0.2) is 11.6 Å². The van der Waals surface area contributed by atoms with Crippen LogP contribution in [-0.4, -0.2) is 47.0 Å². The number of fused-ring (bicyclic) bond motifs is 1. The van der Waals surface area contributed by atoms with Crippen molar-refractivity contribution in [1.82, 2.24) is 14.9 Å². The second kappa shape index (κ2) is 8.99. The summed E-state index contributed by atoms with van der Waals surface area (Å²) in [5.74, 6) is -3.41. The molecule has 0 aliphatic heterocycles. The first kappa shape index (κ1) is 22.4. The fourth-order valence-corrected chi connectivity index (χ4v) is 4.26. The number of hydrogen-bond donors (Lipinski definition) is 3. The van der Waals surface area contributed by atoms with Crippen LogP contribution in [0.3, 0.4) is 0 Å². The molecule has 1 amide bonds. The number of benzene rings is 2. The largest absolute Gasteiger partial charge is 0.353 e. The van der Waals surface area contributed by atoms with Crippen LogP contribution in [0, 0.1) is 17.5 Å². The van der Waals surface area contributed by atoms with Crippen LogP contribution < -0.4 is 10.6 Å². The van der Waals surface area contributed by atoms with Crippen LogP contribution >= 0.6 is 11.6 Å². The summed E-state index contributed by atoms with van der Waals surface area (Å²) in [5.41, 5.74) is -0.115. The Morgan fingerprint density at radius 1 is 1.19 bits per heavy atom. The number of H-pyrrole nitrogens is 1. The zero-order chi connectivity index (χ0) is 23.0. The summed E-state index contributed by atoms with van der Waals surface area (Å²) in [4.78, 5) is 22.1. The molecule has 3 N–H and O–H groups in total. The molecule has 0 saturated heterocycles. The van der Waals surface area contributed by atoms with Crippen molar-refractivity contribution in [2.45, 2.75) is 37.8 Å². The first-order valence-electron chi connectivity index (χ1n) is 10.3. The standard InChI is InChI=1S/C22H23ClF3N5O/c1-31(2)13-5-3-4-11(8-13)28-22-29-19-14(10-17(25)18(26)20(19)30-22)21(32)27-12-6-7-16(24)15(23)9-12/h6-7,9-11,13H,3-5,8H2,1-2H3,(H,27,32)(H2,28,29,30). The van der Waals surface area contributed by atoms with Crippen LogP contribution in [0.15, 0.2) is 24.3 Å². The van der Waals surface area contributed by atoms with E-state index in [0.29, 0.717) is 6.04 Å². The molecule has 6 nitrogen and oxygen atoms in total. The number of carbonyl (C=O) groups is 1. The number of amides is 1. The van der Waals surface area contributed by atoms with E-state index in [-0.39, 0.29) is 39.3 Å². The summed E-state index contributed by atoms with van der Waals surface area (Å²) >= 11 is 5.75. The van der Waals surface area contributed by atoms with Crippen molar-refractivity contribution in [3.8, 4) is 0 Å². The Balaban J connectivity index is 1.62. The van der Waals surface area contributed by atoms with Gasteiger partial charge in [-0.05, 0) is 64.0 Å². The molecule has 3 aromatic rings. The molecule has 2 unspecified atom stereocenters. The smallest absolute Gasteiger partial charge is 0.257 e. The number of hydrogen-bond acceptors (Lipinski definition) is 4. The monoisotopic (exact) mass is 465 g/mol. The van der Waals surface area contributed by atoms with Crippen LogP contribution in [0.25, 0.3) is 11.0 Å². The number of aromatic nitrogens is 2. The van der Waals surface area contributed by atoms with Crippen molar-refractivity contribution in [3.05, 3.63) is 52.3 Å². The molecular formula is C22H23ClF3N5O. The fourth-order valence-electron chi connectivity index (χ4n) is 4.08. The van der Waals surface area contributed by atoms with Gasteiger partial charge in [0.1, 0.15) is 11.3 Å². The zero-order valence-electron chi connectivity index (χ0n) is 17.6. The molecule has 4 rings (SSSR count). The van der Waals surface area contributed by atoms with E-state index >= 15 is 0 Å². The Bertz CT molecular complexity index is 1170. The molecule has 1 aromatic heterocycles. The third-order valence-corrected chi connectivity index (χ3v) is 6.09. The molecule has 170 valence electrons. The lowest BCUT2D eigenvalue weighted by molar-refractivity contribution is 0.102. The van der Waals surface area contributed by atoms with Gasteiger partial charge < -0.3 is 20.5 Å². The van der Waals surface area contributed by atoms with Gasteiger partial charge in [0.25, 0.3) is 5.91 Å². The molecule has 2 atom stereocenters. The summed E-state index contributed by atoms with van der Waals surface area (Å²) in [6.45, 7) is 0. The predicted molar refractivity (Wildman–Crippen MR) is 119 cm³/mol. The molecule has 1 aliphatic rings. The van der Waals surface area contributed by atoms with Gasteiger partial charge in [-0.2, -0.15) is 0 Å². The number of rotatable bonds is 5. The van der Waals surface area contributed by atoms with Crippen LogP contribution in [0.4, 0.5) is 24.8 Å². The SMILES string of the molecule is CN(C)C1CCCC(Nc2nc3c(F)c(F)cc(C(=O)Nc4ccc(F)c(Cl)c4)c3[nH]2)C1. The van der Waals surface area contributed by atoms with E-state index in [2.05, 4.69) is 25.5 Å². The van der Waals surface area contributed by atoms with E-state index in [9.17, 15) is 18.0 Å². The van der Waals surface area contributed by atoms with Gasteiger partial charge in [-0.15, -0.1) is 0 Å². The maximum atomic E-state index is 14.4. The average molecular weight is 466 g/mol. The molecule has 2 aromatic carbocycles. The van der Waals surface area contributed by atoms with E-state index in [1.54, 1.807) is 0 Å². The van der Waals surface area contributed by atoms with Gasteiger partial charge in [-0.3, -0.25) is 4.79 Å². The molecule has 0 bridgehead atoms. The van der Waals surface area contributed by atoms with E-state index in [1.165, 1.54) is 12.1 Å². The van der Waals surface area contributed by atoms with Gasteiger partial charge in [0, 0.05) is 17.8 Å². The molecule has 32 heavy (non-hydrogen) atoms. The van der Waals surface area contributed by atoms with Crippen LogP contribution in [0.5, 0.6) is 0 Å². The van der Waals surface area contributed by atoms with Crippen LogP contribution in [0.1, 0.15) is 36.0 Å². The van der Waals surface area contributed by atoms with E-state index in [4.69, 9.17) is 11.6 Å². The maximum Gasteiger partial charge on any atom is 0.257 e. The van der Waals surface area contributed by atoms with Crippen molar-refractivity contribution < 1.29 is 18.0 Å². The number of nitrogens with one attached hydrogen (secondary N) is 3. The van der Waals surface area contributed by atoms with Gasteiger partial charge >= 0.3 is 0 Å². The maximum absolute atomic E-state index is 14.4. The highest BCUT2D eigenvalue weighted by Crippen LogP contribution is 2.28. The highest BCUT2D eigenvalue weighted by molar-refractivity contribution is 6.31. The molecular weight excluding hydrogens is 443 g/mol. The van der Waals surface area contributed by atoms with Crippen LogP contribution in [-0.2, 0) is 0 Å². The molecule has 1 saturated carbocycles. The molecule has 1 fully saturated rings. The first-order valence-corrected chi connectivity index (χ1v) is 10.7. The summed E-state index contributed by atoms with van der Waals surface area (Å²) in [6.07, 6.45) is 3.96. The van der Waals surface area contributed by atoms with E-state index < -0.39 is 23.4 Å². The lowest BCUT2D eigenvalue weighted by atomic mass is 9.90. The highest BCUT2D eigenvalue weighted by Gasteiger charge is 2.26. The third-order valence-electron chi connectivity index (χ3n) is 5.80. The van der Waals surface area contributed by atoms with Crippen LogP contribution in [0.2, 0.25) is 5.02 Å². The molecule has 0 spiro atoms. The Morgan fingerprint density at radius 3 is 2.69 bits per heavy atom. The van der Waals surface area contributed by atoms with Gasteiger partial charge in [0.2, 0.25) is 5.95 Å².